The number of ether oxygens (including phenoxy) is 2. The Hall–Kier alpha value is -1.75. The van der Waals surface area contributed by atoms with Gasteiger partial charge in [0.25, 0.3) is 0 Å². The lowest BCUT2D eigenvalue weighted by Gasteiger charge is -2.29. The smallest absolute Gasteiger partial charge is 0.338 e. The minimum atomic E-state index is -0.514. The summed E-state index contributed by atoms with van der Waals surface area (Å²) in [5, 5.41) is 3.42. The van der Waals surface area contributed by atoms with Crippen LogP contribution in [0.15, 0.2) is 18.2 Å². The van der Waals surface area contributed by atoms with E-state index in [1.54, 1.807) is 18.2 Å². The Bertz CT molecular complexity index is 612. The van der Waals surface area contributed by atoms with Crippen LogP contribution >= 0.6 is 0 Å². The van der Waals surface area contributed by atoms with E-state index in [1.807, 2.05) is 20.8 Å². The van der Waals surface area contributed by atoms with E-state index in [4.69, 9.17) is 15.2 Å². The molecule has 1 atom stereocenters. The first-order valence-corrected chi connectivity index (χ1v) is 8.80. The van der Waals surface area contributed by atoms with Crippen molar-refractivity contribution in [2.75, 3.05) is 24.2 Å². The molecule has 1 aliphatic carbocycles. The van der Waals surface area contributed by atoms with Gasteiger partial charge in [0, 0.05) is 13.2 Å². The fourth-order valence-corrected chi connectivity index (χ4v) is 3.35. The van der Waals surface area contributed by atoms with Crippen LogP contribution in [0.5, 0.6) is 0 Å². The maximum absolute atomic E-state index is 12.3. The van der Waals surface area contributed by atoms with Crippen molar-refractivity contribution in [1.82, 2.24) is 0 Å². The first-order chi connectivity index (χ1) is 11.3. The third-order valence-electron chi connectivity index (χ3n) is 4.72. The maximum Gasteiger partial charge on any atom is 0.338 e. The number of nitrogens with one attached hydrogen (secondary N) is 1. The molecule has 1 heterocycles. The van der Waals surface area contributed by atoms with Gasteiger partial charge >= 0.3 is 5.97 Å². The fraction of sp³-hybridized carbons (Fsp3) is 0.632. The van der Waals surface area contributed by atoms with Gasteiger partial charge in [-0.2, -0.15) is 0 Å². The number of rotatable bonds is 5. The van der Waals surface area contributed by atoms with Crippen molar-refractivity contribution in [3.8, 4) is 0 Å². The molecule has 0 spiro atoms. The van der Waals surface area contributed by atoms with Crippen LogP contribution in [-0.4, -0.2) is 30.3 Å². The van der Waals surface area contributed by atoms with Gasteiger partial charge in [0.1, 0.15) is 5.60 Å². The van der Waals surface area contributed by atoms with Crippen LogP contribution in [0.1, 0.15) is 56.8 Å². The average Bonchev–Trinajstić information content (AvgIpc) is 3.25. The molecule has 24 heavy (non-hydrogen) atoms. The number of carbonyl (C=O) groups is 1. The lowest BCUT2D eigenvalue weighted by Crippen LogP contribution is -2.38. The maximum atomic E-state index is 12.3. The summed E-state index contributed by atoms with van der Waals surface area (Å²) in [6.07, 6.45) is 4.70. The third-order valence-corrected chi connectivity index (χ3v) is 4.72. The van der Waals surface area contributed by atoms with Crippen molar-refractivity contribution >= 4 is 17.3 Å². The molecule has 3 rings (SSSR count). The highest BCUT2D eigenvalue weighted by Crippen LogP contribution is 2.47. The van der Waals surface area contributed by atoms with Crippen LogP contribution in [0.4, 0.5) is 11.4 Å². The predicted octanol–water partition coefficient (Wildman–Crippen LogP) is 3.60. The second-order valence-electron chi connectivity index (χ2n) is 7.95. The molecular weight excluding hydrogens is 304 g/mol. The quantitative estimate of drug-likeness (QED) is 0.637. The van der Waals surface area contributed by atoms with Crippen molar-refractivity contribution in [3.63, 3.8) is 0 Å². The van der Waals surface area contributed by atoms with Crippen molar-refractivity contribution in [2.45, 2.75) is 57.7 Å². The number of hydrogen-bond acceptors (Lipinski definition) is 5. The van der Waals surface area contributed by atoms with E-state index in [0.717, 1.165) is 31.7 Å². The number of hydrogen-bond donors (Lipinski definition) is 2. The number of anilines is 2. The van der Waals surface area contributed by atoms with E-state index >= 15 is 0 Å². The van der Waals surface area contributed by atoms with Gasteiger partial charge in [0.15, 0.2) is 0 Å². The average molecular weight is 332 g/mol. The molecule has 132 valence electrons. The van der Waals surface area contributed by atoms with Crippen LogP contribution in [0, 0.1) is 5.92 Å². The molecule has 1 aromatic rings. The Morgan fingerprint density at radius 3 is 2.75 bits per heavy atom. The van der Waals surface area contributed by atoms with Gasteiger partial charge in [0.05, 0.1) is 22.5 Å². The molecule has 0 amide bonds. The fourth-order valence-electron chi connectivity index (χ4n) is 3.35. The summed E-state index contributed by atoms with van der Waals surface area (Å²) >= 11 is 0. The van der Waals surface area contributed by atoms with E-state index in [9.17, 15) is 4.79 Å². The van der Waals surface area contributed by atoms with Crippen molar-refractivity contribution in [3.05, 3.63) is 23.8 Å². The SMILES string of the molecule is CC(C)(C)OC(=O)c1ccc(N)c(NCC2(C3CC3)CCCO2)c1. The van der Waals surface area contributed by atoms with Crippen LogP contribution in [0.2, 0.25) is 0 Å². The number of benzene rings is 1. The van der Waals surface area contributed by atoms with E-state index in [2.05, 4.69) is 5.32 Å². The van der Waals surface area contributed by atoms with Crippen molar-refractivity contribution < 1.29 is 14.3 Å². The first-order valence-electron chi connectivity index (χ1n) is 8.80. The number of nitrogen functional groups attached to an aromatic ring is 1. The summed E-state index contributed by atoms with van der Waals surface area (Å²) in [4.78, 5) is 12.3. The third kappa shape index (κ3) is 3.83. The summed E-state index contributed by atoms with van der Waals surface area (Å²) in [5.41, 5.74) is 7.42. The first kappa shape index (κ1) is 17.1. The van der Waals surface area contributed by atoms with E-state index in [1.165, 1.54) is 12.8 Å². The van der Waals surface area contributed by atoms with Gasteiger partial charge in [-0.15, -0.1) is 0 Å². The summed E-state index contributed by atoms with van der Waals surface area (Å²) in [6.45, 7) is 7.15. The molecular formula is C19H28N2O3. The summed E-state index contributed by atoms with van der Waals surface area (Å²) in [6, 6.07) is 5.23. The molecule has 5 nitrogen and oxygen atoms in total. The minimum Gasteiger partial charge on any atom is -0.456 e. The molecule has 1 aliphatic heterocycles. The van der Waals surface area contributed by atoms with Crippen LogP contribution in [0.25, 0.3) is 0 Å². The number of esters is 1. The highest BCUT2D eigenvalue weighted by Gasteiger charge is 2.48. The standard InChI is InChI=1S/C19H28N2O3/c1-18(2,3)24-17(22)13-5-8-15(20)16(11-13)21-12-19(14-6-7-14)9-4-10-23-19/h5,8,11,14,21H,4,6-7,9-10,12,20H2,1-3H3. The monoisotopic (exact) mass is 332 g/mol. The summed E-state index contributed by atoms with van der Waals surface area (Å²) in [7, 11) is 0. The van der Waals surface area contributed by atoms with E-state index in [-0.39, 0.29) is 11.6 Å². The molecule has 1 unspecified atom stereocenters. The lowest BCUT2D eigenvalue weighted by molar-refractivity contribution is -0.00324. The zero-order chi connectivity index (χ0) is 17.4. The van der Waals surface area contributed by atoms with E-state index < -0.39 is 5.60 Å². The van der Waals surface area contributed by atoms with Crippen LogP contribution in [-0.2, 0) is 9.47 Å². The van der Waals surface area contributed by atoms with Crippen molar-refractivity contribution in [1.29, 1.82) is 0 Å². The van der Waals surface area contributed by atoms with E-state index in [0.29, 0.717) is 17.2 Å². The second-order valence-corrected chi connectivity index (χ2v) is 7.95. The zero-order valence-corrected chi connectivity index (χ0v) is 14.9. The highest BCUT2D eigenvalue weighted by atomic mass is 16.6. The van der Waals surface area contributed by atoms with Gasteiger partial charge in [0.2, 0.25) is 0 Å². The Morgan fingerprint density at radius 1 is 1.42 bits per heavy atom. The Labute approximate surface area is 143 Å². The number of nitrogens with two attached hydrogens (primary N) is 1. The van der Waals surface area contributed by atoms with Crippen molar-refractivity contribution in [2.24, 2.45) is 5.92 Å². The molecule has 1 saturated carbocycles. The molecule has 2 fully saturated rings. The Balaban J connectivity index is 1.71. The van der Waals surface area contributed by atoms with Crippen LogP contribution in [0.3, 0.4) is 0 Å². The second kappa shape index (κ2) is 6.28. The minimum absolute atomic E-state index is 0.0611. The molecule has 2 aliphatic rings. The Kier molecular flexibility index (Phi) is 4.47. The normalized spacial score (nSPS) is 24.0. The van der Waals surface area contributed by atoms with Gasteiger partial charge in [-0.3, -0.25) is 0 Å². The van der Waals surface area contributed by atoms with Gasteiger partial charge in [-0.25, -0.2) is 4.79 Å². The van der Waals surface area contributed by atoms with Crippen LogP contribution < -0.4 is 11.1 Å². The number of carbonyl (C=O) groups excluding carboxylic acids is 1. The predicted molar refractivity (Wildman–Crippen MR) is 95.2 cm³/mol. The molecule has 0 bridgehead atoms. The summed E-state index contributed by atoms with van der Waals surface area (Å²) < 4.78 is 11.5. The molecule has 1 saturated heterocycles. The molecule has 0 radical (unpaired) electrons. The van der Waals surface area contributed by atoms with Gasteiger partial charge in [-0.1, -0.05) is 0 Å². The zero-order valence-electron chi connectivity index (χ0n) is 14.9. The molecule has 5 heteroatoms. The summed E-state index contributed by atoms with van der Waals surface area (Å²) in [5.74, 6) is 0.322. The van der Waals surface area contributed by atoms with Gasteiger partial charge < -0.3 is 20.5 Å². The molecule has 0 aromatic heterocycles. The van der Waals surface area contributed by atoms with Gasteiger partial charge in [-0.05, 0) is 70.6 Å². The molecule has 1 aromatic carbocycles. The molecule has 3 N–H and O–H groups in total. The topological polar surface area (TPSA) is 73.6 Å². The highest BCUT2D eigenvalue weighted by molar-refractivity contribution is 5.92. The lowest BCUT2D eigenvalue weighted by atomic mass is 9.94. The largest absolute Gasteiger partial charge is 0.456 e. The Morgan fingerprint density at radius 2 is 2.17 bits per heavy atom.